The van der Waals surface area contributed by atoms with Gasteiger partial charge in [0.1, 0.15) is 6.26 Å². The molecule has 0 aliphatic carbocycles. The van der Waals surface area contributed by atoms with E-state index in [1.165, 1.54) is 0 Å². The molecular weight excluding hydrogens is 338 g/mol. The first-order valence-corrected chi connectivity index (χ1v) is 8.94. The van der Waals surface area contributed by atoms with Gasteiger partial charge in [0.25, 0.3) is 0 Å². The van der Waals surface area contributed by atoms with Gasteiger partial charge in [-0.15, -0.1) is 0 Å². The molecule has 0 radical (unpaired) electrons. The molecule has 7 heteroatoms. The third-order valence-electron chi connectivity index (χ3n) is 4.40. The Bertz CT molecular complexity index is 681. The highest BCUT2D eigenvalue weighted by Gasteiger charge is 2.20. The molecule has 1 aromatic carbocycles. The number of aliphatic imine (C=N–C) groups is 1. The summed E-state index contributed by atoms with van der Waals surface area (Å²) >= 11 is 6.21. The standard InChI is InChI=1S/C18H24ClN5O/c1-20-18(21-8-6-15-4-2-3-5-17(15)19)24-11-9-23(10-12-24)14-16-7-13-25-22-16/h2-5,7,13H,6,8-12,14H2,1H3,(H,20,21). The third-order valence-corrected chi connectivity index (χ3v) is 4.76. The SMILES string of the molecule is CN=C(NCCc1ccccc1Cl)N1CCN(Cc2ccon2)CC1. The maximum atomic E-state index is 6.21. The fourth-order valence-electron chi connectivity index (χ4n) is 3.01. The molecule has 2 aromatic rings. The van der Waals surface area contributed by atoms with Crippen molar-refractivity contribution in [2.75, 3.05) is 39.8 Å². The van der Waals surface area contributed by atoms with E-state index in [0.717, 1.165) is 67.9 Å². The molecule has 3 rings (SSSR count). The predicted octanol–water partition coefficient (Wildman–Crippen LogP) is 2.26. The number of nitrogens with zero attached hydrogens (tertiary/aromatic N) is 4. The second kappa shape index (κ2) is 8.87. The van der Waals surface area contributed by atoms with Crippen LogP contribution in [0.4, 0.5) is 0 Å². The van der Waals surface area contributed by atoms with Gasteiger partial charge >= 0.3 is 0 Å². The highest BCUT2D eigenvalue weighted by atomic mass is 35.5. The van der Waals surface area contributed by atoms with E-state index in [1.807, 2.05) is 31.3 Å². The minimum atomic E-state index is 0.815. The maximum absolute atomic E-state index is 6.21. The number of halogens is 1. The highest BCUT2D eigenvalue weighted by Crippen LogP contribution is 2.15. The summed E-state index contributed by atoms with van der Waals surface area (Å²) in [5.74, 6) is 0.952. The fourth-order valence-corrected chi connectivity index (χ4v) is 3.24. The molecule has 1 aromatic heterocycles. The summed E-state index contributed by atoms with van der Waals surface area (Å²) in [6.45, 7) is 5.52. The van der Waals surface area contributed by atoms with Gasteiger partial charge in [0.15, 0.2) is 5.96 Å². The average Bonchev–Trinajstić information content (AvgIpc) is 3.14. The molecule has 1 N–H and O–H groups in total. The van der Waals surface area contributed by atoms with Crippen LogP contribution in [0.15, 0.2) is 46.1 Å². The van der Waals surface area contributed by atoms with Crippen LogP contribution in [0.5, 0.6) is 0 Å². The van der Waals surface area contributed by atoms with Crippen LogP contribution < -0.4 is 5.32 Å². The van der Waals surface area contributed by atoms with Crippen LogP contribution in [0.25, 0.3) is 0 Å². The Morgan fingerprint density at radius 2 is 2.04 bits per heavy atom. The lowest BCUT2D eigenvalue weighted by Crippen LogP contribution is -2.52. The van der Waals surface area contributed by atoms with E-state index >= 15 is 0 Å². The lowest BCUT2D eigenvalue weighted by Gasteiger charge is -2.36. The van der Waals surface area contributed by atoms with Crippen LogP contribution >= 0.6 is 11.6 Å². The first-order chi connectivity index (χ1) is 12.3. The van der Waals surface area contributed by atoms with E-state index in [-0.39, 0.29) is 0 Å². The number of hydrogen-bond acceptors (Lipinski definition) is 4. The number of aromatic nitrogens is 1. The Morgan fingerprint density at radius 1 is 1.24 bits per heavy atom. The zero-order valence-corrected chi connectivity index (χ0v) is 15.2. The Kier molecular flexibility index (Phi) is 6.30. The number of guanidine groups is 1. The zero-order chi connectivity index (χ0) is 17.5. The Balaban J connectivity index is 1.44. The monoisotopic (exact) mass is 361 g/mol. The van der Waals surface area contributed by atoms with Crippen LogP contribution in [-0.2, 0) is 13.0 Å². The molecular formula is C18H24ClN5O. The normalized spacial score (nSPS) is 16.2. The maximum Gasteiger partial charge on any atom is 0.193 e. The number of benzene rings is 1. The topological polar surface area (TPSA) is 56.9 Å². The third kappa shape index (κ3) is 4.96. The summed E-state index contributed by atoms with van der Waals surface area (Å²) < 4.78 is 4.90. The summed E-state index contributed by atoms with van der Waals surface area (Å²) in [6, 6.07) is 9.89. The van der Waals surface area contributed by atoms with Crippen molar-refractivity contribution in [1.29, 1.82) is 0 Å². The summed E-state index contributed by atoms with van der Waals surface area (Å²) in [7, 11) is 1.83. The van der Waals surface area contributed by atoms with E-state index in [4.69, 9.17) is 16.1 Å². The van der Waals surface area contributed by atoms with E-state index in [1.54, 1.807) is 6.26 Å². The van der Waals surface area contributed by atoms with Crippen LogP contribution in [0.1, 0.15) is 11.3 Å². The second-order valence-corrected chi connectivity index (χ2v) is 6.48. The first kappa shape index (κ1) is 17.8. The van der Waals surface area contributed by atoms with Gasteiger partial charge in [-0.1, -0.05) is 35.0 Å². The molecule has 25 heavy (non-hydrogen) atoms. The quantitative estimate of drug-likeness (QED) is 0.654. The average molecular weight is 362 g/mol. The van der Waals surface area contributed by atoms with Gasteiger partial charge in [0.05, 0.1) is 5.69 Å². The molecule has 0 bridgehead atoms. The van der Waals surface area contributed by atoms with Crippen molar-refractivity contribution in [2.45, 2.75) is 13.0 Å². The van der Waals surface area contributed by atoms with Crippen molar-refractivity contribution < 1.29 is 4.52 Å². The van der Waals surface area contributed by atoms with Crippen molar-refractivity contribution in [3.63, 3.8) is 0 Å². The molecule has 1 saturated heterocycles. The Hall–Kier alpha value is -2.05. The van der Waals surface area contributed by atoms with Crippen molar-refractivity contribution in [1.82, 2.24) is 20.3 Å². The van der Waals surface area contributed by atoms with Crippen molar-refractivity contribution >= 4 is 17.6 Å². The first-order valence-electron chi connectivity index (χ1n) is 8.57. The van der Waals surface area contributed by atoms with Crippen molar-refractivity contribution in [3.05, 3.63) is 52.9 Å². The number of rotatable bonds is 5. The van der Waals surface area contributed by atoms with Crippen molar-refractivity contribution in [3.8, 4) is 0 Å². The van der Waals surface area contributed by atoms with Crippen LogP contribution in [0.3, 0.4) is 0 Å². The number of nitrogens with one attached hydrogen (secondary N) is 1. The lowest BCUT2D eigenvalue weighted by molar-refractivity contribution is 0.169. The molecule has 0 unspecified atom stereocenters. The minimum absolute atomic E-state index is 0.815. The molecule has 134 valence electrons. The molecule has 1 aliphatic heterocycles. The molecule has 0 saturated carbocycles. The van der Waals surface area contributed by atoms with Crippen molar-refractivity contribution in [2.24, 2.45) is 4.99 Å². The van der Waals surface area contributed by atoms with Gasteiger partial charge in [-0.2, -0.15) is 0 Å². The van der Waals surface area contributed by atoms with Gasteiger partial charge in [0.2, 0.25) is 0 Å². The summed E-state index contributed by atoms with van der Waals surface area (Å²) in [4.78, 5) is 9.10. The number of piperazine rings is 1. The lowest BCUT2D eigenvalue weighted by atomic mass is 10.1. The molecule has 2 heterocycles. The largest absolute Gasteiger partial charge is 0.364 e. The smallest absolute Gasteiger partial charge is 0.193 e. The molecule has 0 amide bonds. The van der Waals surface area contributed by atoms with Gasteiger partial charge in [-0.05, 0) is 18.1 Å². The second-order valence-electron chi connectivity index (χ2n) is 6.07. The molecule has 1 aliphatic rings. The fraction of sp³-hybridized carbons (Fsp3) is 0.444. The van der Waals surface area contributed by atoms with E-state index in [2.05, 4.69) is 31.3 Å². The van der Waals surface area contributed by atoms with E-state index in [0.29, 0.717) is 0 Å². The van der Waals surface area contributed by atoms with Crippen LogP contribution in [-0.4, -0.2) is 60.7 Å². The molecule has 0 atom stereocenters. The summed E-state index contributed by atoms with van der Waals surface area (Å²) in [5, 5.41) is 8.25. The van der Waals surface area contributed by atoms with Gasteiger partial charge < -0.3 is 14.7 Å². The summed E-state index contributed by atoms with van der Waals surface area (Å²) in [5.41, 5.74) is 2.14. The molecule has 1 fully saturated rings. The van der Waals surface area contributed by atoms with Crippen LogP contribution in [0.2, 0.25) is 5.02 Å². The Labute approximate surface area is 153 Å². The number of hydrogen-bond donors (Lipinski definition) is 1. The van der Waals surface area contributed by atoms with Crippen LogP contribution in [0, 0.1) is 0 Å². The highest BCUT2D eigenvalue weighted by molar-refractivity contribution is 6.31. The summed E-state index contributed by atoms with van der Waals surface area (Å²) in [6.07, 6.45) is 2.50. The van der Waals surface area contributed by atoms with Gasteiger partial charge in [-0.3, -0.25) is 9.89 Å². The van der Waals surface area contributed by atoms with E-state index < -0.39 is 0 Å². The minimum Gasteiger partial charge on any atom is -0.364 e. The molecule has 0 spiro atoms. The molecule has 6 nitrogen and oxygen atoms in total. The Morgan fingerprint density at radius 3 is 2.72 bits per heavy atom. The zero-order valence-electron chi connectivity index (χ0n) is 14.5. The van der Waals surface area contributed by atoms with E-state index in [9.17, 15) is 0 Å². The van der Waals surface area contributed by atoms with Gasteiger partial charge in [-0.25, -0.2) is 0 Å². The predicted molar refractivity (Wildman–Crippen MR) is 99.9 cm³/mol. The van der Waals surface area contributed by atoms with Gasteiger partial charge in [0, 0.05) is 57.4 Å².